The van der Waals surface area contributed by atoms with Crippen molar-refractivity contribution in [1.82, 2.24) is 14.9 Å². The summed E-state index contributed by atoms with van der Waals surface area (Å²) in [4.78, 5) is 26.3. The molecule has 0 saturated carbocycles. The van der Waals surface area contributed by atoms with Crippen LogP contribution in [0.3, 0.4) is 0 Å². The number of aromatic nitrogens is 2. The number of nitrogens with zero attached hydrogens (tertiary/aromatic N) is 2. The second kappa shape index (κ2) is 7.04. The molecule has 1 aromatic rings. The van der Waals surface area contributed by atoms with Crippen molar-refractivity contribution in [1.29, 1.82) is 0 Å². The van der Waals surface area contributed by atoms with Crippen molar-refractivity contribution in [2.75, 3.05) is 14.2 Å². The number of ether oxygens (including phenoxy) is 3. The molecule has 0 aliphatic carbocycles. The van der Waals surface area contributed by atoms with E-state index < -0.39 is 18.2 Å². The van der Waals surface area contributed by atoms with Gasteiger partial charge in [0.25, 0.3) is 0 Å². The third-order valence-corrected chi connectivity index (χ3v) is 2.76. The highest BCUT2D eigenvalue weighted by atomic mass is 16.9. The maximum atomic E-state index is 11.7. The van der Waals surface area contributed by atoms with Crippen molar-refractivity contribution in [2.24, 2.45) is 0 Å². The minimum absolute atomic E-state index is 0.312. The second-order valence-corrected chi connectivity index (χ2v) is 4.46. The minimum Gasteiger partial charge on any atom is -0.464 e. The lowest BCUT2D eigenvalue weighted by Gasteiger charge is -2.26. The molecule has 0 aromatic carbocycles. The zero-order valence-corrected chi connectivity index (χ0v) is 12.3. The highest BCUT2D eigenvalue weighted by Gasteiger charge is 2.28. The first-order valence-electron chi connectivity index (χ1n) is 6.15. The number of imidazole rings is 1. The molecular weight excluding hydrogens is 282 g/mol. The molecule has 0 fully saturated rings. The first kappa shape index (κ1) is 16.9. The van der Waals surface area contributed by atoms with Crippen molar-refractivity contribution in [3.05, 3.63) is 18.2 Å². The molecule has 0 spiro atoms. The zero-order chi connectivity index (χ0) is 16.0. The summed E-state index contributed by atoms with van der Waals surface area (Å²) < 4.78 is 15.7. The van der Waals surface area contributed by atoms with Gasteiger partial charge in [-0.1, -0.05) is 0 Å². The van der Waals surface area contributed by atoms with E-state index >= 15 is 0 Å². The fraction of sp³-hybridized carbons (Fsp3) is 0.583. The van der Waals surface area contributed by atoms with Crippen LogP contribution in [0.15, 0.2) is 12.5 Å². The summed E-state index contributed by atoms with van der Waals surface area (Å²) in [5, 5.41) is 11.3. The maximum absolute atomic E-state index is 11.7. The van der Waals surface area contributed by atoms with Crippen molar-refractivity contribution in [3.63, 3.8) is 0 Å². The number of methoxy groups -OCH3 is 2. The molecule has 2 N–H and O–H groups in total. The molecule has 1 heterocycles. The second-order valence-electron chi connectivity index (χ2n) is 4.46. The Morgan fingerprint density at radius 3 is 2.57 bits per heavy atom. The Kier molecular flexibility index (Phi) is 5.68. The molecule has 9 nitrogen and oxygen atoms in total. The normalized spacial score (nSPS) is 12.8. The zero-order valence-electron chi connectivity index (χ0n) is 12.3. The van der Waals surface area contributed by atoms with Gasteiger partial charge in [-0.05, 0) is 6.92 Å². The highest BCUT2D eigenvalue weighted by molar-refractivity contribution is 5.68. The van der Waals surface area contributed by atoms with E-state index in [9.17, 15) is 9.59 Å². The molecule has 0 radical (unpaired) electrons. The molecule has 1 amide bonds. The van der Waals surface area contributed by atoms with Crippen LogP contribution in [-0.2, 0) is 20.6 Å². The van der Waals surface area contributed by atoms with Gasteiger partial charge in [-0.2, -0.15) is 0 Å². The van der Waals surface area contributed by atoms with Crippen LogP contribution in [0.5, 0.6) is 0 Å². The fourth-order valence-electron chi connectivity index (χ4n) is 1.50. The van der Waals surface area contributed by atoms with Crippen LogP contribution >= 0.6 is 0 Å². The molecular formula is C12H19N3O6. The number of carbonyl (C=O) groups excluding carboxylic acids is 1. The molecule has 21 heavy (non-hydrogen) atoms. The number of carboxylic acid groups (broad SMARTS) is 1. The van der Waals surface area contributed by atoms with Crippen LogP contribution in [0.25, 0.3) is 0 Å². The van der Waals surface area contributed by atoms with Crippen LogP contribution < -0.4 is 5.32 Å². The molecule has 0 aliphatic heterocycles. The predicted molar refractivity (Wildman–Crippen MR) is 70.9 cm³/mol. The Labute approximate surface area is 121 Å². The number of carbonyl (C=O) groups is 2. The van der Waals surface area contributed by atoms with E-state index in [1.54, 1.807) is 6.92 Å². The smallest absolute Gasteiger partial charge is 0.416 e. The summed E-state index contributed by atoms with van der Waals surface area (Å²) in [7, 11) is 2.69. The Morgan fingerprint density at radius 1 is 1.48 bits per heavy atom. The summed E-state index contributed by atoms with van der Waals surface area (Å²) in [5.41, 5.74) is 0.534. The number of alkyl carbamates (subject to hydrolysis) is 1. The largest absolute Gasteiger partial charge is 0.464 e. The van der Waals surface area contributed by atoms with E-state index in [0.29, 0.717) is 12.1 Å². The highest BCUT2D eigenvalue weighted by Crippen LogP contribution is 2.12. The van der Waals surface area contributed by atoms with Gasteiger partial charge in [-0.3, -0.25) is 0 Å². The predicted octanol–water partition coefficient (Wildman–Crippen LogP) is 1.03. The average molecular weight is 301 g/mol. The van der Waals surface area contributed by atoms with Crippen LogP contribution in [0.4, 0.5) is 9.59 Å². The average Bonchev–Trinajstić information content (AvgIpc) is 2.86. The van der Waals surface area contributed by atoms with Crippen LogP contribution in [0.2, 0.25) is 0 Å². The monoisotopic (exact) mass is 301 g/mol. The van der Waals surface area contributed by atoms with Crippen molar-refractivity contribution in [2.45, 2.75) is 32.3 Å². The van der Waals surface area contributed by atoms with E-state index in [1.807, 2.05) is 0 Å². The van der Waals surface area contributed by atoms with E-state index in [0.717, 1.165) is 4.57 Å². The van der Waals surface area contributed by atoms with E-state index in [4.69, 9.17) is 19.3 Å². The van der Waals surface area contributed by atoms with Gasteiger partial charge in [-0.25, -0.2) is 19.1 Å². The summed E-state index contributed by atoms with van der Waals surface area (Å²) in [5.74, 6) is -1.46. The molecule has 1 atom stereocenters. The van der Waals surface area contributed by atoms with Gasteiger partial charge in [-0.15, -0.1) is 0 Å². The lowest BCUT2D eigenvalue weighted by Crippen LogP contribution is -2.43. The Morgan fingerprint density at radius 2 is 2.10 bits per heavy atom. The lowest BCUT2D eigenvalue weighted by atomic mass is 10.2. The van der Waals surface area contributed by atoms with Crippen LogP contribution in [-0.4, -0.2) is 53.1 Å². The number of rotatable bonds is 6. The standard InChI is InChI=1S/C12H19N3O6/c1-8(5-9-6-15(7-13-9)11(17)18)14-10(16)21-12(2,19-3)20-4/h6-8H,5H2,1-4H3,(H,14,16)(H,17,18)/t8-/m1/s1. The molecule has 0 saturated heterocycles. The van der Waals surface area contributed by atoms with Gasteiger partial charge in [0.15, 0.2) is 0 Å². The SMILES string of the molecule is COC(C)(OC)OC(=O)N[C@H](C)Cc1cn(C(=O)O)cn1. The topological polar surface area (TPSA) is 112 Å². The quantitative estimate of drug-likeness (QED) is 0.755. The van der Waals surface area contributed by atoms with E-state index in [-0.39, 0.29) is 6.04 Å². The summed E-state index contributed by atoms with van der Waals surface area (Å²) in [6.07, 6.45) is 1.08. The fourth-order valence-corrected chi connectivity index (χ4v) is 1.50. The molecule has 118 valence electrons. The minimum atomic E-state index is -1.46. The van der Waals surface area contributed by atoms with Gasteiger partial charge < -0.3 is 24.6 Å². The number of hydrogen-bond donors (Lipinski definition) is 2. The molecule has 1 rings (SSSR count). The third-order valence-electron chi connectivity index (χ3n) is 2.76. The Hall–Kier alpha value is -2.13. The van der Waals surface area contributed by atoms with Gasteiger partial charge in [0, 0.05) is 39.8 Å². The van der Waals surface area contributed by atoms with Crippen molar-refractivity contribution < 1.29 is 28.9 Å². The van der Waals surface area contributed by atoms with Gasteiger partial charge in [0.2, 0.25) is 0 Å². The van der Waals surface area contributed by atoms with Crippen LogP contribution in [0.1, 0.15) is 19.5 Å². The van der Waals surface area contributed by atoms with E-state index in [2.05, 4.69) is 10.3 Å². The lowest BCUT2D eigenvalue weighted by molar-refractivity contribution is -0.322. The molecule has 9 heteroatoms. The van der Waals surface area contributed by atoms with Gasteiger partial charge >= 0.3 is 18.2 Å². The number of nitrogens with one attached hydrogen (secondary N) is 1. The van der Waals surface area contributed by atoms with Crippen molar-refractivity contribution in [3.8, 4) is 0 Å². The van der Waals surface area contributed by atoms with Crippen molar-refractivity contribution >= 4 is 12.2 Å². The Bertz CT molecular complexity index is 497. The first-order chi connectivity index (χ1) is 9.79. The summed E-state index contributed by atoms with van der Waals surface area (Å²) in [6.45, 7) is 3.18. The van der Waals surface area contributed by atoms with E-state index in [1.165, 1.54) is 33.7 Å². The number of hydrogen-bond acceptors (Lipinski definition) is 6. The summed E-state index contributed by atoms with van der Waals surface area (Å²) >= 11 is 0. The maximum Gasteiger partial charge on any atom is 0.416 e. The summed E-state index contributed by atoms with van der Waals surface area (Å²) in [6, 6.07) is -0.312. The molecule has 1 aromatic heterocycles. The molecule has 0 unspecified atom stereocenters. The first-order valence-corrected chi connectivity index (χ1v) is 6.15. The van der Waals surface area contributed by atoms with Gasteiger partial charge in [0.1, 0.15) is 6.33 Å². The van der Waals surface area contributed by atoms with Gasteiger partial charge in [0.05, 0.1) is 5.69 Å². The van der Waals surface area contributed by atoms with Crippen LogP contribution in [0, 0.1) is 0 Å². The molecule has 0 bridgehead atoms. The third kappa shape index (κ3) is 5.04. The molecule has 0 aliphatic rings. The Balaban J connectivity index is 2.50. The number of amides is 1.